The maximum absolute atomic E-state index is 8.79. The van der Waals surface area contributed by atoms with Crippen molar-refractivity contribution < 1.29 is 4.74 Å². The van der Waals surface area contributed by atoms with E-state index in [4.69, 9.17) is 21.6 Å². The summed E-state index contributed by atoms with van der Waals surface area (Å²) in [5.74, 6) is 1.16. The van der Waals surface area contributed by atoms with Crippen molar-refractivity contribution in [3.05, 3.63) is 71.3 Å². The zero-order valence-electron chi connectivity index (χ0n) is 9.51. The van der Waals surface area contributed by atoms with Gasteiger partial charge >= 0.3 is 0 Å². The molecule has 0 aromatic heterocycles. The van der Waals surface area contributed by atoms with Gasteiger partial charge in [0, 0.05) is 10.6 Å². The maximum atomic E-state index is 8.79. The smallest absolute Gasteiger partial charge is 0.145 e. The lowest BCUT2D eigenvalue weighted by Gasteiger charge is -2.09. The van der Waals surface area contributed by atoms with Gasteiger partial charge in [0.15, 0.2) is 0 Å². The second-order valence-electron chi connectivity index (χ2n) is 3.56. The Bertz CT molecular complexity index is 582. The van der Waals surface area contributed by atoms with Crippen molar-refractivity contribution in [2.75, 3.05) is 0 Å². The Labute approximate surface area is 111 Å². The third-order valence-electron chi connectivity index (χ3n) is 2.30. The number of rotatable bonds is 3. The number of nitriles is 1. The van der Waals surface area contributed by atoms with Crippen LogP contribution in [0.4, 0.5) is 0 Å². The molecule has 0 bridgehead atoms. The molecule has 0 saturated carbocycles. The molecular weight excluding hydrogens is 246 g/mol. The monoisotopic (exact) mass is 255 g/mol. The Hall–Kier alpha value is -2.24. The molecule has 0 amide bonds. The molecule has 2 rings (SSSR count). The minimum Gasteiger partial charge on any atom is -0.456 e. The van der Waals surface area contributed by atoms with E-state index in [9.17, 15) is 0 Å². The fraction of sp³-hybridized carbons (Fsp3) is 0. The molecule has 0 aliphatic rings. The highest BCUT2D eigenvalue weighted by molar-refractivity contribution is 6.30. The van der Waals surface area contributed by atoms with E-state index in [1.807, 2.05) is 36.4 Å². The van der Waals surface area contributed by atoms with E-state index in [1.165, 1.54) is 6.08 Å². The van der Waals surface area contributed by atoms with E-state index >= 15 is 0 Å². The molecule has 0 fully saturated rings. The van der Waals surface area contributed by atoms with Crippen molar-refractivity contribution >= 4 is 17.4 Å². The molecule has 2 nitrogen and oxygen atoms in total. The molecule has 0 N–H and O–H groups in total. The summed E-state index contributed by atoms with van der Waals surface area (Å²) in [4.78, 5) is 0. The fourth-order valence-electron chi connectivity index (χ4n) is 1.46. The van der Waals surface area contributed by atoms with Gasteiger partial charge in [0.1, 0.15) is 11.5 Å². The molecule has 0 radical (unpaired) electrons. The lowest BCUT2D eigenvalue weighted by molar-refractivity contribution is 0.515. The number of hydrogen-bond donors (Lipinski definition) is 0. The highest BCUT2D eigenvalue weighted by Crippen LogP contribution is 2.22. The summed E-state index contributed by atoms with van der Waals surface area (Å²) in [7, 11) is 0. The van der Waals surface area contributed by atoms with Crippen LogP contribution in [0.5, 0.6) is 5.75 Å². The first-order valence-electron chi connectivity index (χ1n) is 5.38. The Morgan fingerprint density at radius 3 is 2.33 bits per heavy atom. The minimum absolute atomic E-state index is 0.514. The molecule has 2 aromatic carbocycles. The van der Waals surface area contributed by atoms with Crippen LogP contribution in [-0.2, 0) is 0 Å². The average molecular weight is 256 g/mol. The summed E-state index contributed by atoms with van der Waals surface area (Å²) in [5.41, 5.74) is 0.856. The number of hydrogen-bond acceptors (Lipinski definition) is 2. The van der Waals surface area contributed by atoms with E-state index in [-0.39, 0.29) is 0 Å². The standard InChI is InChI=1S/C15H10ClNO/c16-13-6-8-14(9-7-13)18-15(10-11-17)12-4-2-1-3-5-12/h1-10H/b15-10+. The van der Waals surface area contributed by atoms with Crippen LogP contribution in [-0.4, -0.2) is 0 Å². The van der Waals surface area contributed by atoms with Crippen molar-refractivity contribution in [2.24, 2.45) is 0 Å². The van der Waals surface area contributed by atoms with Crippen LogP contribution in [0.2, 0.25) is 5.02 Å². The van der Waals surface area contributed by atoms with Crippen LogP contribution in [0.15, 0.2) is 60.7 Å². The first-order chi connectivity index (χ1) is 8.79. The molecule has 0 saturated heterocycles. The average Bonchev–Trinajstić information content (AvgIpc) is 2.42. The van der Waals surface area contributed by atoms with Gasteiger partial charge in [0.25, 0.3) is 0 Å². The van der Waals surface area contributed by atoms with Crippen molar-refractivity contribution in [3.8, 4) is 11.8 Å². The SMILES string of the molecule is N#C/C=C(/Oc1ccc(Cl)cc1)c1ccccc1. The van der Waals surface area contributed by atoms with Gasteiger partial charge in [-0.15, -0.1) is 0 Å². The van der Waals surface area contributed by atoms with Crippen LogP contribution in [0.1, 0.15) is 5.56 Å². The molecular formula is C15H10ClNO. The van der Waals surface area contributed by atoms with Crippen molar-refractivity contribution in [3.63, 3.8) is 0 Å². The Morgan fingerprint density at radius 2 is 1.72 bits per heavy atom. The van der Waals surface area contributed by atoms with E-state index in [2.05, 4.69) is 0 Å². The van der Waals surface area contributed by atoms with E-state index in [1.54, 1.807) is 24.3 Å². The van der Waals surface area contributed by atoms with Gasteiger partial charge in [-0.25, -0.2) is 0 Å². The first-order valence-corrected chi connectivity index (χ1v) is 5.76. The summed E-state index contributed by atoms with van der Waals surface area (Å²) in [5, 5.41) is 9.44. The molecule has 0 atom stereocenters. The first kappa shape index (κ1) is 12.2. The number of allylic oxidation sites excluding steroid dienone is 1. The van der Waals surface area contributed by atoms with E-state index in [0.29, 0.717) is 16.5 Å². The zero-order valence-corrected chi connectivity index (χ0v) is 10.3. The molecule has 0 spiro atoms. The third-order valence-corrected chi connectivity index (χ3v) is 2.55. The Morgan fingerprint density at radius 1 is 1.06 bits per heavy atom. The van der Waals surface area contributed by atoms with Crippen LogP contribution < -0.4 is 4.74 Å². The van der Waals surface area contributed by atoms with Gasteiger partial charge in [-0.2, -0.15) is 5.26 Å². The lowest BCUT2D eigenvalue weighted by atomic mass is 10.2. The highest BCUT2D eigenvalue weighted by Gasteiger charge is 2.03. The second-order valence-corrected chi connectivity index (χ2v) is 4.00. The molecule has 0 unspecified atom stereocenters. The zero-order chi connectivity index (χ0) is 12.8. The van der Waals surface area contributed by atoms with Gasteiger partial charge in [-0.05, 0) is 24.3 Å². The number of nitrogens with zero attached hydrogens (tertiary/aromatic N) is 1. The topological polar surface area (TPSA) is 33.0 Å². The van der Waals surface area contributed by atoms with Gasteiger partial charge in [0.05, 0.1) is 12.1 Å². The third kappa shape index (κ3) is 3.13. The summed E-state index contributed by atoms with van der Waals surface area (Å²) >= 11 is 5.80. The maximum Gasteiger partial charge on any atom is 0.145 e. The minimum atomic E-state index is 0.514. The number of halogens is 1. The van der Waals surface area contributed by atoms with E-state index < -0.39 is 0 Å². The van der Waals surface area contributed by atoms with Crippen LogP contribution in [0.3, 0.4) is 0 Å². The predicted octanol–water partition coefficient (Wildman–Crippen LogP) is 4.28. The van der Waals surface area contributed by atoms with Crippen molar-refractivity contribution in [1.29, 1.82) is 5.26 Å². The Kier molecular flexibility index (Phi) is 4.01. The molecule has 3 heteroatoms. The van der Waals surface area contributed by atoms with Gasteiger partial charge in [0.2, 0.25) is 0 Å². The molecule has 0 heterocycles. The molecule has 0 aliphatic heterocycles. The van der Waals surface area contributed by atoms with Crippen LogP contribution in [0, 0.1) is 11.3 Å². The van der Waals surface area contributed by atoms with Gasteiger partial charge in [-0.3, -0.25) is 0 Å². The predicted molar refractivity (Wildman–Crippen MR) is 72.1 cm³/mol. The van der Waals surface area contributed by atoms with Gasteiger partial charge < -0.3 is 4.74 Å². The summed E-state index contributed by atoms with van der Waals surface area (Å²) in [6.07, 6.45) is 1.38. The lowest BCUT2D eigenvalue weighted by Crippen LogP contribution is -1.94. The number of ether oxygens (including phenoxy) is 1. The summed E-state index contributed by atoms with van der Waals surface area (Å²) in [6, 6.07) is 18.5. The fourth-order valence-corrected chi connectivity index (χ4v) is 1.59. The highest BCUT2D eigenvalue weighted by atomic mass is 35.5. The quantitative estimate of drug-likeness (QED) is 0.606. The summed E-state index contributed by atoms with van der Waals surface area (Å²) in [6.45, 7) is 0. The van der Waals surface area contributed by atoms with Crippen LogP contribution in [0.25, 0.3) is 5.76 Å². The number of benzene rings is 2. The normalized spacial score (nSPS) is 10.8. The molecule has 0 aliphatic carbocycles. The van der Waals surface area contributed by atoms with Crippen molar-refractivity contribution in [1.82, 2.24) is 0 Å². The second kappa shape index (κ2) is 5.90. The van der Waals surface area contributed by atoms with E-state index in [0.717, 1.165) is 5.56 Å². The Balaban J connectivity index is 2.26. The summed E-state index contributed by atoms with van der Waals surface area (Å²) < 4.78 is 5.68. The molecule has 88 valence electrons. The largest absolute Gasteiger partial charge is 0.456 e. The van der Waals surface area contributed by atoms with Crippen LogP contribution >= 0.6 is 11.6 Å². The molecule has 18 heavy (non-hydrogen) atoms. The van der Waals surface area contributed by atoms with Gasteiger partial charge in [-0.1, -0.05) is 41.9 Å². The molecule has 2 aromatic rings. The van der Waals surface area contributed by atoms with Crippen molar-refractivity contribution in [2.45, 2.75) is 0 Å².